The summed E-state index contributed by atoms with van der Waals surface area (Å²) in [6.07, 6.45) is 2.09. The Bertz CT molecular complexity index is 922. The van der Waals surface area contributed by atoms with Crippen LogP contribution in [-0.4, -0.2) is 39.2 Å². The van der Waals surface area contributed by atoms with E-state index in [2.05, 4.69) is 18.6 Å². The predicted molar refractivity (Wildman–Crippen MR) is 99.8 cm³/mol. The summed E-state index contributed by atoms with van der Waals surface area (Å²) in [5.41, 5.74) is 0.854. The van der Waals surface area contributed by atoms with Crippen molar-refractivity contribution in [2.45, 2.75) is 31.6 Å². The quantitative estimate of drug-likeness (QED) is 0.707. The number of fused-ring (bicyclic) bond motifs is 1. The van der Waals surface area contributed by atoms with Crippen LogP contribution in [0.25, 0.3) is 11.1 Å². The minimum absolute atomic E-state index is 0.118. The lowest BCUT2D eigenvalue weighted by atomic mass is 9.92. The first-order chi connectivity index (χ1) is 12.3. The Morgan fingerprint density at radius 2 is 1.96 bits per heavy atom. The zero-order chi connectivity index (χ0) is 18.9. The van der Waals surface area contributed by atoms with Gasteiger partial charge in [0.05, 0.1) is 30.0 Å². The number of piperidine rings is 1. The fourth-order valence-electron chi connectivity index (χ4n) is 4.04. The van der Waals surface area contributed by atoms with Gasteiger partial charge < -0.3 is 9.32 Å². The second-order valence-corrected chi connectivity index (χ2v) is 9.43. The van der Waals surface area contributed by atoms with Crippen LogP contribution >= 0.6 is 0 Å². The zero-order valence-corrected chi connectivity index (χ0v) is 16.4. The van der Waals surface area contributed by atoms with E-state index in [1.807, 2.05) is 0 Å². The monoisotopic (exact) mass is 382 g/mol. The number of nitrogens with one attached hydrogen (secondary N) is 2. The summed E-state index contributed by atoms with van der Waals surface area (Å²) in [4.78, 5) is 13.2. The summed E-state index contributed by atoms with van der Waals surface area (Å²) in [5.74, 6) is 0.964. The molecule has 0 radical (unpaired) electrons. The Balaban J connectivity index is 1.58. The molecular weight excluding hydrogens is 354 g/mol. The van der Waals surface area contributed by atoms with Crippen LogP contribution in [0.2, 0.25) is 0 Å². The van der Waals surface area contributed by atoms with Crippen molar-refractivity contribution in [1.82, 2.24) is 9.29 Å². The van der Waals surface area contributed by atoms with E-state index in [1.54, 1.807) is 18.0 Å². The lowest BCUT2D eigenvalue weighted by molar-refractivity contribution is -0.912. The molecule has 0 spiro atoms. The number of sulfonamides is 1. The molecule has 0 aliphatic carbocycles. The van der Waals surface area contributed by atoms with Gasteiger partial charge in [0.25, 0.3) is 0 Å². The van der Waals surface area contributed by atoms with Gasteiger partial charge in [-0.25, -0.2) is 17.9 Å². The summed E-state index contributed by atoms with van der Waals surface area (Å²) in [6.45, 7) is 8.30. The van der Waals surface area contributed by atoms with Gasteiger partial charge in [-0.3, -0.25) is 4.57 Å². The highest BCUT2D eigenvalue weighted by atomic mass is 32.2. The molecule has 1 aliphatic heterocycles. The minimum atomic E-state index is -3.61. The van der Waals surface area contributed by atoms with Crippen LogP contribution in [0.1, 0.15) is 26.7 Å². The Kier molecular flexibility index (Phi) is 5.55. The van der Waals surface area contributed by atoms with Crippen molar-refractivity contribution in [3.8, 4) is 0 Å². The summed E-state index contributed by atoms with van der Waals surface area (Å²) in [7, 11) is -2.02. The molecule has 0 saturated carbocycles. The number of rotatable bonds is 6. The lowest BCUT2D eigenvalue weighted by Crippen LogP contribution is -3.14. The number of likely N-dealkylation sites (tertiary alicyclic amines) is 1. The van der Waals surface area contributed by atoms with Gasteiger partial charge >= 0.3 is 5.76 Å². The molecular formula is C18H28N3O4S+. The Labute approximate surface area is 154 Å². The SMILES string of the molecule is C[C@H]1C[C@H](C)C[NH+](CCCNS(=O)(=O)c2ccc3c(c2)oc(=O)n3C)C1. The Hall–Kier alpha value is -1.64. The molecule has 0 amide bonds. The van der Waals surface area contributed by atoms with Gasteiger partial charge in [0.1, 0.15) is 0 Å². The lowest BCUT2D eigenvalue weighted by Gasteiger charge is -2.32. The number of oxazole rings is 1. The predicted octanol–water partition coefficient (Wildman–Crippen LogP) is 0.361. The number of aromatic nitrogens is 1. The molecule has 0 unspecified atom stereocenters. The van der Waals surface area contributed by atoms with Gasteiger partial charge in [0.2, 0.25) is 10.0 Å². The maximum atomic E-state index is 12.5. The largest absolute Gasteiger partial charge is 0.419 e. The number of aryl methyl sites for hydroxylation is 1. The second kappa shape index (κ2) is 7.54. The van der Waals surface area contributed by atoms with Crippen molar-refractivity contribution < 1.29 is 17.7 Å². The summed E-state index contributed by atoms with van der Waals surface area (Å²) >= 11 is 0. The molecule has 8 heteroatoms. The molecule has 2 heterocycles. The van der Waals surface area contributed by atoms with Gasteiger partial charge in [0.15, 0.2) is 5.58 Å². The molecule has 2 aromatic rings. The van der Waals surface area contributed by atoms with Crippen LogP contribution < -0.4 is 15.4 Å². The van der Waals surface area contributed by atoms with E-state index in [1.165, 1.54) is 36.2 Å². The topological polar surface area (TPSA) is 85.8 Å². The van der Waals surface area contributed by atoms with Crippen LogP contribution in [0, 0.1) is 11.8 Å². The third-order valence-corrected chi connectivity index (χ3v) is 6.61. The Morgan fingerprint density at radius 3 is 2.65 bits per heavy atom. The fourth-order valence-corrected chi connectivity index (χ4v) is 5.13. The van der Waals surface area contributed by atoms with Crippen molar-refractivity contribution in [2.24, 2.45) is 18.9 Å². The molecule has 1 saturated heterocycles. The molecule has 0 bridgehead atoms. The fraction of sp³-hybridized carbons (Fsp3) is 0.611. The van der Waals surface area contributed by atoms with E-state index < -0.39 is 15.8 Å². The van der Waals surface area contributed by atoms with Crippen LogP contribution in [0.15, 0.2) is 32.3 Å². The number of nitrogens with zero attached hydrogens (tertiary/aromatic N) is 1. The zero-order valence-electron chi connectivity index (χ0n) is 15.6. The molecule has 2 N–H and O–H groups in total. The van der Waals surface area contributed by atoms with Gasteiger partial charge in [-0.2, -0.15) is 0 Å². The van der Waals surface area contributed by atoms with Crippen LogP contribution in [-0.2, 0) is 17.1 Å². The first-order valence-corrected chi connectivity index (χ1v) is 10.7. The Morgan fingerprint density at radius 1 is 1.27 bits per heavy atom. The van der Waals surface area contributed by atoms with Crippen molar-refractivity contribution in [3.63, 3.8) is 0 Å². The maximum absolute atomic E-state index is 12.5. The van der Waals surface area contributed by atoms with Gasteiger partial charge in [-0.1, -0.05) is 13.8 Å². The first-order valence-electron chi connectivity index (χ1n) is 9.19. The van der Waals surface area contributed by atoms with E-state index in [-0.39, 0.29) is 10.5 Å². The molecule has 26 heavy (non-hydrogen) atoms. The van der Waals surface area contributed by atoms with E-state index >= 15 is 0 Å². The van der Waals surface area contributed by atoms with E-state index in [9.17, 15) is 13.2 Å². The highest BCUT2D eigenvalue weighted by Crippen LogP contribution is 2.17. The van der Waals surface area contributed by atoms with Crippen LogP contribution in [0.3, 0.4) is 0 Å². The molecule has 1 aromatic carbocycles. The van der Waals surface area contributed by atoms with Crippen LogP contribution in [0.4, 0.5) is 0 Å². The average Bonchev–Trinajstić information content (AvgIpc) is 2.85. The number of benzene rings is 1. The van der Waals surface area contributed by atoms with Crippen molar-refractivity contribution in [3.05, 3.63) is 28.7 Å². The molecule has 2 atom stereocenters. The normalized spacial score (nSPS) is 24.2. The number of quaternary nitrogens is 1. The molecule has 1 aliphatic rings. The number of hydrogen-bond donors (Lipinski definition) is 2. The maximum Gasteiger partial charge on any atom is 0.419 e. The van der Waals surface area contributed by atoms with Gasteiger partial charge in [-0.05, 0) is 18.6 Å². The minimum Gasteiger partial charge on any atom is -0.408 e. The average molecular weight is 383 g/mol. The summed E-state index contributed by atoms with van der Waals surface area (Å²) in [5, 5.41) is 0. The van der Waals surface area contributed by atoms with Crippen molar-refractivity contribution >= 4 is 21.1 Å². The highest BCUT2D eigenvalue weighted by Gasteiger charge is 2.24. The molecule has 1 fully saturated rings. The summed E-state index contributed by atoms with van der Waals surface area (Å²) in [6, 6.07) is 4.49. The number of hydrogen-bond acceptors (Lipinski definition) is 4. The van der Waals surface area contributed by atoms with E-state index in [0.29, 0.717) is 12.1 Å². The third-order valence-electron chi connectivity index (χ3n) is 5.15. The van der Waals surface area contributed by atoms with E-state index in [0.717, 1.165) is 24.8 Å². The standard InChI is InChI=1S/C18H27N3O4S/c1-13-9-14(2)12-21(11-13)8-4-7-19-26(23,24)15-5-6-16-17(10-15)25-18(22)20(16)3/h5-6,10,13-14,19H,4,7-9,11-12H2,1-3H3/p+1/t13-,14-/m0/s1. The summed E-state index contributed by atoms with van der Waals surface area (Å²) < 4.78 is 34.0. The molecule has 7 nitrogen and oxygen atoms in total. The van der Waals surface area contributed by atoms with E-state index in [4.69, 9.17) is 4.42 Å². The van der Waals surface area contributed by atoms with Gasteiger partial charge in [0, 0.05) is 37.9 Å². The highest BCUT2D eigenvalue weighted by molar-refractivity contribution is 7.89. The smallest absolute Gasteiger partial charge is 0.408 e. The third kappa shape index (κ3) is 4.19. The van der Waals surface area contributed by atoms with Crippen molar-refractivity contribution in [1.29, 1.82) is 0 Å². The van der Waals surface area contributed by atoms with Gasteiger partial charge in [-0.15, -0.1) is 0 Å². The molecule has 3 rings (SSSR count). The first kappa shape index (κ1) is 19.1. The molecule has 1 aromatic heterocycles. The second-order valence-electron chi connectivity index (χ2n) is 7.66. The van der Waals surface area contributed by atoms with Crippen molar-refractivity contribution in [2.75, 3.05) is 26.2 Å². The molecule has 144 valence electrons. The van der Waals surface area contributed by atoms with Crippen LogP contribution in [0.5, 0.6) is 0 Å².